The van der Waals surface area contributed by atoms with Crippen LogP contribution in [-0.2, 0) is 9.53 Å². The van der Waals surface area contributed by atoms with Crippen molar-refractivity contribution in [1.29, 1.82) is 0 Å². The molecule has 0 aromatic carbocycles. The van der Waals surface area contributed by atoms with E-state index in [1.54, 1.807) is 0 Å². The van der Waals surface area contributed by atoms with Gasteiger partial charge in [0.05, 0.1) is 0 Å². The quantitative estimate of drug-likeness (QED) is 0.0500. The lowest BCUT2D eigenvalue weighted by Crippen LogP contribution is -1.98. The lowest BCUT2D eigenvalue weighted by molar-refractivity contribution is -0.139. The molecule has 2 heteroatoms. The van der Waals surface area contributed by atoms with Crippen LogP contribution < -0.4 is 0 Å². The molecule has 0 rings (SSSR count). The van der Waals surface area contributed by atoms with Gasteiger partial charge in [-0.1, -0.05) is 122 Å². The summed E-state index contributed by atoms with van der Waals surface area (Å²) in [5, 5.41) is 0. The average molecular weight is 809 g/mol. The standard InChI is InChI=1S/C57H92O2/c1-46(2)24-14-25-47(3)26-15-27-48(4)28-16-29-49(5)30-17-31-50(6)32-18-33-51(7)34-19-35-52(8)36-20-37-53(9)38-21-39-54(10)40-22-41-55(11)42-23-43-56(12)44-45-59-57(13)58/h24,26,28,30,32,34,36,38,40,42,44H,14-23,25,27,29,31,33,35,37,39,41,43,45H2,1-13H3. The molecule has 0 aromatic heterocycles. The van der Waals surface area contributed by atoms with Gasteiger partial charge in [-0.25, -0.2) is 0 Å². The molecular weight excluding hydrogens is 717 g/mol. The van der Waals surface area contributed by atoms with Crippen LogP contribution in [0.4, 0.5) is 0 Å². The van der Waals surface area contributed by atoms with Gasteiger partial charge in [-0.05, 0) is 218 Å². The van der Waals surface area contributed by atoms with Crippen LogP contribution in [0.15, 0.2) is 128 Å². The first-order valence-corrected chi connectivity index (χ1v) is 23.4. The molecule has 0 spiro atoms. The minimum Gasteiger partial charge on any atom is -0.462 e. The smallest absolute Gasteiger partial charge is 0.302 e. The van der Waals surface area contributed by atoms with Gasteiger partial charge in [0, 0.05) is 6.92 Å². The maximum atomic E-state index is 10.9. The third kappa shape index (κ3) is 38.6. The lowest BCUT2D eigenvalue weighted by atomic mass is 10.0. The predicted octanol–water partition coefficient (Wildman–Crippen LogP) is 18.8. The highest BCUT2D eigenvalue weighted by Gasteiger charge is 1.99. The number of rotatable bonds is 32. The van der Waals surface area contributed by atoms with Gasteiger partial charge in [-0.3, -0.25) is 4.79 Å². The van der Waals surface area contributed by atoms with Gasteiger partial charge in [0.25, 0.3) is 0 Å². The Morgan fingerprint density at radius 2 is 0.441 bits per heavy atom. The van der Waals surface area contributed by atoms with Crippen LogP contribution in [0.5, 0.6) is 0 Å². The third-order valence-electron chi connectivity index (χ3n) is 11.1. The molecule has 0 saturated carbocycles. The van der Waals surface area contributed by atoms with E-state index >= 15 is 0 Å². The number of hydrogen-bond donors (Lipinski definition) is 0. The first-order valence-electron chi connectivity index (χ1n) is 23.4. The fourth-order valence-corrected chi connectivity index (χ4v) is 6.83. The van der Waals surface area contributed by atoms with Crippen LogP contribution in [0, 0.1) is 0 Å². The molecular formula is C57H92O2. The zero-order valence-electron chi connectivity index (χ0n) is 41.0. The highest BCUT2D eigenvalue weighted by atomic mass is 16.5. The summed E-state index contributed by atoms with van der Waals surface area (Å²) in [5.41, 5.74) is 16.3. The fourth-order valence-electron chi connectivity index (χ4n) is 6.83. The van der Waals surface area contributed by atoms with Gasteiger partial charge in [-0.2, -0.15) is 0 Å². The van der Waals surface area contributed by atoms with E-state index in [2.05, 4.69) is 144 Å². The molecule has 59 heavy (non-hydrogen) atoms. The van der Waals surface area contributed by atoms with Gasteiger partial charge in [0.2, 0.25) is 0 Å². The van der Waals surface area contributed by atoms with Crippen molar-refractivity contribution in [1.82, 2.24) is 0 Å². The van der Waals surface area contributed by atoms with Crippen LogP contribution in [0.25, 0.3) is 0 Å². The monoisotopic (exact) mass is 809 g/mol. The first kappa shape index (κ1) is 55.6. The van der Waals surface area contributed by atoms with Gasteiger partial charge in [-0.15, -0.1) is 0 Å². The predicted molar refractivity (Wildman–Crippen MR) is 266 cm³/mol. The van der Waals surface area contributed by atoms with E-state index in [1.165, 1.54) is 113 Å². The second-order valence-electron chi connectivity index (χ2n) is 18.0. The summed E-state index contributed by atoms with van der Waals surface area (Å²) < 4.78 is 4.99. The maximum absolute atomic E-state index is 10.9. The van der Waals surface area contributed by atoms with E-state index in [1.807, 2.05) is 6.08 Å². The van der Waals surface area contributed by atoms with Crippen molar-refractivity contribution in [2.45, 2.75) is 218 Å². The highest BCUT2D eigenvalue weighted by molar-refractivity contribution is 5.66. The van der Waals surface area contributed by atoms with Crippen molar-refractivity contribution < 1.29 is 9.53 Å². The summed E-state index contributed by atoms with van der Waals surface area (Å²) in [4.78, 5) is 10.9. The molecule has 0 fully saturated rings. The molecule has 0 amide bonds. The number of ether oxygens (including phenoxy) is 1. The van der Waals surface area contributed by atoms with Crippen LogP contribution in [-0.4, -0.2) is 12.6 Å². The van der Waals surface area contributed by atoms with Gasteiger partial charge in [0.1, 0.15) is 6.61 Å². The van der Waals surface area contributed by atoms with E-state index in [9.17, 15) is 4.79 Å². The van der Waals surface area contributed by atoms with E-state index in [4.69, 9.17) is 4.74 Å². The van der Waals surface area contributed by atoms with Crippen molar-refractivity contribution in [3.63, 3.8) is 0 Å². The van der Waals surface area contributed by atoms with Crippen LogP contribution >= 0.6 is 0 Å². The van der Waals surface area contributed by atoms with Gasteiger partial charge >= 0.3 is 5.97 Å². The molecule has 0 saturated heterocycles. The molecule has 0 bridgehead atoms. The third-order valence-corrected chi connectivity index (χ3v) is 11.1. The molecule has 0 aromatic rings. The molecule has 0 aliphatic rings. The minimum atomic E-state index is -0.224. The Morgan fingerprint density at radius 1 is 0.271 bits per heavy atom. The van der Waals surface area contributed by atoms with E-state index in [-0.39, 0.29) is 5.97 Å². The topological polar surface area (TPSA) is 26.3 Å². The summed E-state index contributed by atoms with van der Waals surface area (Å²) in [5.74, 6) is -0.224. The molecule has 0 aliphatic carbocycles. The number of carbonyl (C=O) groups excluding carboxylic acids is 1. The summed E-state index contributed by atoms with van der Waals surface area (Å²) in [6, 6.07) is 0. The number of carbonyl (C=O) groups is 1. The van der Waals surface area contributed by atoms with Crippen molar-refractivity contribution in [3.05, 3.63) is 128 Å². The van der Waals surface area contributed by atoms with Crippen molar-refractivity contribution >= 4 is 5.97 Å². The molecule has 0 atom stereocenters. The summed E-state index contributed by atoms with van der Waals surface area (Å²) in [6.07, 6.45) is 49.2. The Hall–Kier alpha value is -3.39. The summed E-state index contributed by atoms with van der Waals surface area (Å²) >= 11 is 0. The molecule has 0 N–H and O–H groups in total. The summed E-state index contributed by atoms with van der Waals surface area (Å²) in [7, 11) is 0. The van der Waals surface area contributed by atoms with Crippen molar-refractivity contribution in [2.24, 2.45) is 0 Å². The molecule has 0 aliphatic heterocycles. The molecule has 332 valence electrons. The summed E-state index contributed by atoms with van der Waals surface area (Å²) in [6.45, 7) is 28.9. The Balaban J connectivity index is 4.27. The largest absolute Gasteiger partial charge is 0.462 e. The van der Waals surface area contributed by atoms with Crippen molar-refractivity contribution in [2.75, 3.05) is 6.61 Å². The zero-order chi connectivity index (χ0) is 44.3. The second-order valence-corrected chi connectivity index (χ2v) is 18.0. The van der Waals surface area contributed by atoms with Gasteiger partial charge in [0.15, 0.2) is 0 Å². The number of allylic oxidation sites excluding steroid dienone is 21. The fraction of sp³-hybridized carbons (Fsp3) is 0.596. The SMILES string of the molecule is CC(=O)OCC=C(C)CCC=C(C)CCC=C(C)CCC=C(C)CCC=C(C)CCC=C(C)CCC=C(C)CCC=C(C)CCC=C(C)CCC=C(C)CCC=C(C)C. The van der Waals surface area contributed by atoms with Gasteiger partial charge < -0.3 is 4.74 Å². The number of hydrogen-bond acceptors (Lipinski definition) is 2. The molecule has 0 heterocycles. The number of esters is 1. The average Bonchev–Trinajstić information content (AvgIpc) is 3.14. The zero-order valence-corrected chi connectivity index (χ0v) is 41.0. The van der Waals surface area contributed by atoms with E-state index in [0.717, 1.165) is 83.5 Å². The Bertz CT molecular complexity index is 1530. The maximum Gasteiger partial charge on any atom is 0.302 e. The highest BCUT2D eigenvalue weighted by Crippen LogP contribution is 2.18. The molecule has 0 unspecified atom stereocenters. The molecule has 2 nitrogen and oxygen atoms in total. The first-order chi connectivity index (χ1) is 28.1. The molecule has 0 radical (unpaired) electrons. The van der Waals surface area contributed by atoms with E-state index in [0.29, 0.717) is 6.61 Å². The van der Waals surface area contributed by atoms with E-state index < -0.39 is 0 Å². The van der Waals surface area contributed by atoms with Crippen LogP contribution in [0.1, 0.15) is 218 Å². The normalized spacial score (nSPS) is 14.7. The minimum absolute atomic E-state index is 0.224. The lowest BCUT2D eigenvalue weighted by Gasteiger charge is -2.04. The Morgan fingerprint density at radius 3 is 0.610 bits per heavy atom. The Labute approximate surface area is 367 Å². The van der Waals surface area contributed by atoms with Crippen LogP contribution in [0.3, 0.4) is 0 Å². The second kappa shape index (κ2) is 36.5. The Kier molecular flexibility index (Phi) is 34.4. The van der Waals surface area contributed by atoms with Crippen molar-refractivity contribution in [3.8, 4) is 0 Å². The van der Waals surface area contributed by atoms with Crippen LogP contribution in [0.2, 0.25) is 0 Å².